The van der Waals surface area contributed by atoms with E-state index in [1.165, 1.54) is 0 Å². The number of halogens is 1. The van der Waals surface area contributed by atoms with Crippen molar-refractivity contribution in [1.29, 1.82) is 0 Å². The van der Waals surface area contributed by atoms with Gasteiger partial charge in [0.05, 0.1) is 13.2 Å². The molecule has 2 heterocycles. The van der Waals surface area contributed by atoms with Crippen LogP contribution in [0.25, 0.3) is 0 Å². The van der Waals surface area contributed by atoms with E-state index in [2.05, 4.69) is 5.32 Å². The highest BCUT2D eigenvalue weighted by atomic mass is 19.1. The molecular formula is C8H11FN2O3. The van der Waals surface area contributed by atoms with Crippen LogP contribution in [0.5, 0.6) is 0 Å². The Hall–Kier alpha value is -1.17. The molecule has 2 saturated heterocycles. The van der Waals surface area contributed by atoms with Crippen molar-refractivity contribution in [3.05, 3.63) is 0 Å². The van der Waals surface area contributed by atoms with Gasteiger partial charge < -0.3 is 10.1 Å². The van der Waals surface area contributed by atoms with Crippen LogP contribution in [0.2, 0.25) is 0 Å². The molecule has 1 unspecified atom stereocenters. The fourth-order valence-corrected chi connectivity index (χ4v) is 1.80. The SMILES string of the molecule is O=C1NC2(CCOC2)C(=O)N1CCF. The van der Waals surface area contributed by atoms with Crippen LogP contribution in [0.4, 0.5) is 9.18 Å². The molecule has 0 bridgehead atoms. The average molecular weight is 202 g/mol. The Morgan fingerprint density at radius 3 is 2.93 bits per heavy atom. The lowest BCUT2D eigenvalue weighted by Gasteiger charge is -2.17. The number of ether oxygens (including phenoxy) is 1. The van der Waals surface area contributed by atoms with Crippen LogP contribution < -0.4 is 5.32 Å². The van der Waals surface area contributed by atoms with Gasteiger partial charge in [-0.05, 0) is 0 Å². The Balaban J connectivity index is 2.18. The minimum absolute atomic E-state index is 0.174. The number of hydrogen-bond donors (Lipinski definition) is 1. The number of hydrogen-bond acceptors (Lipinski definition) is 3. The van der Waals surface area contributed by atoms with E-state index < -0.39 is 18.2 Å². The Labute approximate surface area is 80.2 Å². The number of nitrogens with one attached hydrogen (secondary N) is 1. The van der Waals surface area contributed by atoms with Gasteiger partial charge in [-0.25, -0.2) is 9.18 Å². The quantitative estimate of drug-likeness (QED) is 0.623. The number of urea groups is 1. The van der Waals surface area contributed by atoms with E-state index in [9.17, 15) is 14.0 Å². The smallest absolute Gasteiger partial charge is 0.325 e. The van der Waals surface area contributed by atoms with Crippen molar-refractivity contribution in [2.24, 2.45) is 0 Å². The number of rotatable bonds is 2. The third-order valence-corrected chi connectivity index (χ3v) is 2.58. The zero-order chi connectivity index (χ0) is 10.2. The second kappa shape index (κ2) is 3.20. The standard InChI is InChI=1S/C8H11FN2O3/c9-2-3-11-6(12)8(10-7(11)13)1-4-14-5-8/h1-5H2,(H,10,13). The first-order valence-corrected chi connectivity index (χ1v) is 4.47. The predicted molar refractivity (Wildman–Crippen MR) is 44.4 cm³/mol. The molecule has 78 valence electrons. The van der Waals surface area contributed by atoms with E-state index in [4.69, 9.17) is 4.74 Å². The maximum atomic E-state index is 12.1. The molecule has 0 saturated carbocycles. The lowest BCUT2D eigenvalue weighted by Crippen LogP contribution is -2.47. The number of nitrogens with zero attached hydrogens (tertiary/aromatic N) is 1. The van der Waals surface area contributed by atoms with E-state index in [0.29, 0.717) is 13.0 Å². The van der Waals surface area contributed by atoms with E-state index in [1.807, 2.05) is 0 Å². The molecule has 0 aromatic heterocycles. The van der Waals surface area contributed by atoms with Crippen molar-refractivity contribution in [2.75, 3.05) is 26.4 Å². The van der Waals surface area contributed by atoms with Crippen molar-refractivity contribution in [3.63, 3.8) is 0 Å². The maximum absolute atomic E-state index is 12.1. The van der Waals surface area contributed by atoms with Crippen LogP contribution in [0.15, 0.2) is 0 Å². The van der Waals surface area contributed by atoms with Gasteiger partial charge in [0.15, 0.2) is 0 Å². The second-order valence-electron chi connectivity index (χ2n) is 3.46. The zero-order valence-electron chi connectivity index (χ0n) is 7.59. The summed E-state index contributed by atoms with van der Waals surface area (Å²) in [6.07, 6.45) is 0.473. The van der Waals surface area contributed by atoms with Gasteiger partial charge in [-0.1, -0.05) is 0 Å². The first-order chi connectivity index (χ1) is 6.69. The van der Waals surface area contributed by atoms with Crippen LogP contribution in [0.1, 0.15) is 6.42 Å². The molecule has 0 aromatic rings. The normalized spacial score (nSPS) is 31.6. The molecular weight excluding hydrogens is 191 g/mol. The third-order valence-electron chi connectivity index (χ3n) is 2.58. The number of amides is 3. The Morgan fingerprint density at radius 2 is 2.36 bits per heavy atom. The first-order valence-electron chi connectivity index (χ1n) is 4.47. The van der Waals surface area contributed by atoms with E-state index in [-0.39, 0.29) is 19.1 Å². The van der Waals surface area contributed by atoms with E-state index in [1.54, 1.807) is 0 Å². The molecule has 2 aliphatic rings. The molecule has 5 nitrogen and oxygen atoms in total. The Bertz CT molecular complexity index is 276. The number of carbonyl (C=O) groups is 2. The van der Waals surface area contributed by atoms with Crippen LogP contribution in [0.3, 0.4) is 0 Å². The van der Waals surface area contributed by atoms with Crippen LogP contribution >= 0.6 is 0 Å². The van der Waals surface area contributed by atoms with E-state index >= 15 is 0 Å². The molecule has 14 heavy (non-hydrogen) atoms. The Kier molecular flexibility index (Phi) is 2.14. The van der Waals surface area contributed by atoms with Crippen molar-refractivity contribution in [2.45, 2.75) is 12.0 Å². The number of alkyl halides is 1. The predicted octanol–water partition coefficient (Wildman–Crippen LogP) is -0.333. The maximum Gasteiger partial charge on any atom is 0.325 e. The van der Waals surface area contributed by atoms with Crippen molar-refractivity contribution >= 4 is 11.9 Å². The van der Waals surface area contributed by atoms with Gasteiger partial charge >= 0.3 is 6.03 Å². The molecule has 0 radical (unpaired) electrons. The van der Waals surface area contributed by atoms with Gasteiger partial charge in [0, 0.05) is 13.0 Å². The second-order valence-corrected chi connectivity index (χ2v) is 3.46. The van der Waals surface area contributed by atoms with E-state index in [0.717, 1.165) is 4.90 Å². The minimum atomic E-state index is -0.910. The highest BCUT2D eigenvalue weighted by molar-refractivity contribution is 6.07. The van der Waals surface area contributed by atoms with Gasteiger partial charge in [-0.2, -0.15) is 0 Å². The van der Waals surface area contributed by atoms with Crippen molar-refractivity contribution < 1.29 is 18.7 Å². The summed E-state index contributed by atoms with van der Waals surface area (Å²) in [5.74, 6) is -0.363. The molecule has 3 amide bonds. The fourth-order valence-electron chi connectivity index (χ4n) is 1.80. The molecule has 0 aromatic carbocycles. The summed E-state index contributed by atoms with van der Waals surface area (Å²) in [5.41, 5.74) is -0.910. The van der Waals surface area contributed by atoms with Gasteiger partial charge in [0.25, 0.3) is 5.91 Å². The monoisotopic (exact) mass is 202 g/mol. The lowest BCUT2D eigenvalue weighted by molar-refractivity contribution is -0.131. The minimum Gasteiger partial charge on any atom is -0.378 e. The molecule has 1 spiro atoms. The molecule has 0 aliphatic carbocycles. The first kappa shape index (κ1) is 9.39. The number of carbonyl (C=O) groups excluding carboxylic acids is 2. The lowest BCUT2D eigenvalue weighted by atomic mass is 9.99. The number of imide groups is 1. The molecule has 1 N–H and O–H groups in total. The van der Waals surface area contributed by atoms with Gasteiger partial charge in [-0.15, -0.1) is 0 Å². The summed E-state index contributed by atoms with van der Waals surface area (Å²) in [7, 11) is 0. The summed E-state index contributed by atoms with van der Waals surface area (Å²) in [4.78, 5) is 23.9. The molecule has 2 fully saturated rings. The topological polar surface area (TPSA) is 58.6 Å². The highest BCUT2D eigenvalue weighted by Crippen LogP contribution is 2.26. The van der Waals surface area contributed by atoms with Crippen LogP contribution in [-0.2, 0) is 9.53 Å². The summed E-state index contributed by atoms with van der Waals surface area (Å²) < 4.78 is 17.1. The average Bonchev–Trinajstić information content (AvgIpc) is 2.69. The summed E-state index contributed by atoms with van der Waals surface area (Å²) >= 11 is 0. The van der Waals surface area contributed by atoms with Gasteiger partial charge in [0.2, 0.25) is 0 Å². The largest absolute Gasteiger partial charge is 0.378 e. The van der Waals surface area contributed by atoms with Crippen LogP contribution in [-0.4, -0.2) is 48.8 Å². The van der Waals surface area contributed by atoms with Crippen molar-refractivity contribution in [3.8, 4) is 0 Å². The van der Waals surface area contributed by atoms with Gasteiger partial charge in [-0.3, -0.25) is 9.69 Å². The molecule has 6 heteroatoms. The van der Waals surface area contributed by atoms with Crippen molar-refractivity contribution in [1.82, 2.24) is 10.2 Å². The Morgan fingerprint density at radius 1 is 1.57 bits per heavy atom. The molecule has 1 atom stereocenters. The third kappa shape index (κ3) is 1.18. The zero-order valence-corrected chi connectivity index (χ0v) is 7.59. The van der Waals surface area contributed by atoms with Crippen LogP contribution in [0, 0.1) is 0 Å². The summed E-state index contributed by atoms with van der Waals surface area (Å²) in [6.45, 7) is -0.238. The summed E-state index contributed by atoms with van der Waals surface area (Å²) in [5, 5.41) is 2.56. The van der Waals surface area contributed by atoms with Gasteiger partial charge in [0.1, 0.15) is 12.2 Å². The molecule has 2 aliphatic heterocycles. The highest BCUT2D eigenvalue weighted by Gasteiger charge is 2.53. The molecule has 2 rings (SSSR count). The fraction of sp³-hybridized carbons (Fsp3) is 0.750. The summed E-state index contributed by atoms with van der Waals surface area (Å²) in [6, 6.07) is -0.516.